The normalized spacial score (nSPS) is 12.9. The summed E-state index contributed by atoms with van der Waals surface area (Å²) in [6.07, 6.45) is -9.61. The van der Waals surface area contributed by atoms with Gasteiger partial charge in [0, 0.05) is 12.1 Å². The van der Waals surface area contributed by atoms with E-state index in [1.165, 1.54) is 24.3 Å². The molecule has 0 saturated carbocycles. The Morgan fingerprint density at radius 2 is 1.07 bits per heavy atom. The summed E-state index contributed by atoms with van der Waals surface area (Å²) in [5.74, 6) is -0.768. The number of rotatable bonds is 4. The van der Waals surface area contributed by atoms with Crippen LogP contribution in [-0.2, 0) is 0 Å². The fraction of sp³-hybridized carbons (Fsp3) is 0.125. The number of ether oxygens (including phenoxy) is 2. The maximum absolute atomic E-state index is 12.3. The van der Waals surface area contributed by atoms with Gasteiger partial charge in [-0.05, 0) is 24.3 Å². The van der Waals surface area contributed by atoms with Crippen molar-refractivity contribution in [3.8, 4) is 11.5 Å². The van der Waals surface area contributed by atoms with Crippen LogP contribution >= 0.6 is 22.7 Å². The van der Waals surface area contributed by atoms with Crippen LogP contribution in [-0.4, -0.2) is 22.7 Å². The lowest BCUT2D eigenvalue weighted by atomic mass is 10.3. The monoisotopic (exact) mass is 464 g/mol. The summed E-state index contributed by atoms with van der Waals surface area (Å²) < 4.78 is 82.4. The Morgan fingerprint density at radius 1 is 0.667 bits per heavy atom. The standard InChI is InChI=1S/C16H6F6N4O2S2/c17-15(18,19)27-7-1-3-9-11(5-7)29-13(23-9)25-26-14-24-10-4-2-8(6-12(10)30-14)28-16(20,21)22/h1-6H. The van der Waals surface area contributed by atoms with Gasteiger partial charge in [-0.1, -0.05) is 22.7 Å². The van der Waals surface area contributed by atoms with Crippen molar-refractivity contribution in [2.75, 3.05) is 0 Å². The topological polar surface area (TPSA) is 69.0 Å². The average molecular weight is 464 g/mol. The van der Waals surface area contributed by atoms with Crippen LogP contribution in [0.1, 0.15) is 0 Å². The van der Waals surface area contributed by atoms with Gasteiger partial charge in [0.1, 0.15) is 11.5 Å². The van der Waals surface area contributed by atoms with Gasteiger partial charge in [-0.25, -0.2) is 9.97 Å². The van der Waals surface area contributed by atoms with Gasteiger partial charge >= 0.3 is 12.7 Å². The Balaban J connectivity index is 1.55. The summed E-state index contributed by atoms with van der Waals surface area (Å²) >= 11 is 1.97. The van der Waals surface area contributed by atoms with Gasteiger partial charge < -0.3 is 9.47 Å². The summed E-state index contributed by atoms with van der Waals surface area (Å²) in [4.78, 5) is 8.25. The lowest BCUT2D eigenvalue weighted by Gasteiger charge is -2.07. The molecule has 0 N–H and O–H groups in total. The number of halogens is 6. The van der Waals surface area contributed by atoms with E-state index in [4.69, 9.17) is 0 Å². The molecule has 4 rings (SSSR count). The highest BCUT2D eigenvalue weighted by molar-refractivity contribution is 7.22. The number of nitrogens with zero attached hydrogens (tertiary/aromatic N) is 4. The molecule has 4 aromatic rings. The van der Waals surface area contributed by atoms with Crippen LogP contribution in [0.4, 0.5) is 36.6 Å². The molecule has 6 nitrogen and oxygen atoms in total. The molecule has 0 fully saturated rings. The molecule has 0 saturated heterocycles. The predicted molar refractivity (Wildman–Crippen MR) is 96.8 cm³/mol. The molecular weight excluding hydrogens is 458 g/mol. The zero-order valence-electron chi connectivity index (χ0n) is 14.2. The van der Waals surface area contributed by atoms with Crippen LogP contribution in [0.3, 0.4) is 0 Å². The fourth-order valence-corrected chi connectivity index (χ4v) is 3.98. The van der Waals surface area contributed by atoms with Gasteiger partial charge in [0.15, 0.2) is 0 Å². The molecular formula is C16H6F6N4O2S2. The Morgan fingerprint density at radius 3 is 1.43 bits per heavy atom. The smallest absolute Gasteiger partial charge is 0.406 e. The molecule has 0 radical (unpaired) electrons. The number of azo groups is 1. The quantitative estimate of drug-likeness (QED) is 0.238. The van der Waals surface area contributed by atoms with Crippen molar-refractivity contribution >= 4 is 53.4 Å². The van der Waals surface area contributed by atoms with Gasteiger partial charge in [0.05, 0.1) is 20.4 Å². The fourth-order valence-electron chi connectivity index (χ4n) is 2.35. The third-order valence-corrected chi connectivity index (χ3v) is 5.19. The van der Waals surface area contributed by atoms with Crippen LogP contribution in [0.2, 0.25) is 0 Å². The summed E-state index contributed by atoms with van der Waals surface area (Å²) in [5, 5.41) is 8.13. The zero-order valence-corrected chi connectivity index (χ0v) is 15.8. The van der Waals surface area contributed by atoms with E-state index in [0.29, 0.717) is 20.4 Å². The predicted octanol–water partition coefficient (Wildman–Crippen LogP) is 7.12. The van der Waals surface area contributed by atoms with Gasteiger partial charge in [-0.15, -0.1) is 36.6 Å². The number of hydrogen-bond acceptors (Lipinski definition) is 8. The molecule has 0 spiro atoms. The van der Waals surface area contributed by atoms with E-state index in [-0.39, 0.29) is 21.8 Å². The molecule has 30 heavy (non-hydrogen) atoms. The van der Waals surface area contributed by atoms with Crippen LogP contribution in [0, 0.1) is 0 Å². The molecule has 0 unspecified atom stereocenters. The second-order valence-electron chi connectivity index (χ2n) is 5.55. The first-order valence-corrected chi connectivity index (χ1v) is 9.42. The van der Waals surface area contributed by atoms with Crippen molar-refractivity contribution in [1.29, 1.82) is 0 Å². The summed E-state index contributed by atoms with van der Waals surface area (Å²) in [7, 11) is 0. The van der Waals surface area contributed by atoms with Crippen LogP contribution in [0.5, 0.6) is 11.5 Å². The average Bonchev–Trinajstić information content (AvgIpc) is 3.19. The van der Waals surface area contributed by atoms with Crippen LogP contribution in [0.15, 0.2) is 46.6 Å². The molecule has 0 aliphatic heterocycles. The van der Waals surface area contributed by atoms with E-state index in [2.05, 4.69) is 29.7 Å². The van der Waals surface area contributed by atoms with Crippen LogP contribution < -0.4 is 9.47 Å². The first kappa shape index (κ1) is 20.3. The van der Waals surface area contributed by atoms with Crippen molar-refractivity contribution < 1.29 is 35.8 Å². The number of hydrogen-bond donors (Lipinski definition) is 0. The molecule has 2 aromatic heterocycles. The van der Waals surface area contributed by atoms with E-state index in [0.717, 1.165) is 34.8 Å². The number of benzene rings is 2. The molecule has 0 bridgehead atoms. The second kappa shape index (κ2) is 7.36. The Labute approximate surface area is 170 Å². The third kappa shape index (κ3) is 4.94. The highest BCUT2D eigenvalue weighted by Crippen LogP contribution is 2.36. The van der Waals surface area contributed by atoms with E-state index in [1.807, 2.05) is 0 Å². The molecule has 0 amide bonds. The highest BCUT2D eigenvalue weighted by atomic mass is 32.1. The lowest BCUT2D eigenvalue weighted by Crippen LogP contribution is -2.16. The van der Waals surface area contributed by atoms with Crippen molar-refractivity contribution in [1.82, 2.24) is 9.97 Å². The van der Waals surface area contributed by atoms with Gasteiger partial charge in [0.25, 0.3) is 0 Å². The minimum absolute atomic E-state index is 0.162. The molecule has 14 heteroatoms. The van der Waals surface area contributed by atoms with Gasteiger partial charge in [-0.3, -0.25) is 0 Å². The van der Waals surface area contributed by atoms with E-state index in [1.54, 1.807) is 0 Å². The SMILES string of the molecule is FC(F)(F)Oc1ccc2nc(N=Nc3nc4ccc(OC(F)(F)F)cc4s3)sc2c1. The van der Waals surface area contributed by atoms with Crippen molar-refractivity contribution in [2.45, 2.75) is 12.7 Å². The molecule has 156 valence electrons. The minimum atomic E-state index is -4.81. The summed E-state index contributed by atoms with van der Waals surface area (Å²) in [6, 6.07) is 7.32. The Bertz CT molecular complexity index is 1150. The zero-order chi connectivity index (χ0) is 21.5. The number of aromatic nitrogens is 2. The molecule has 0 aliphatic carbocycles. The molecule has 2 heterocycles. The second-order valence-corrected chi connectivity index (χ2v) is 7.57. The van der Waals surface area contributed by atoms with Gasteiger partial charge in [0.2, 0.25) is 10.3 Å². The summed E-state index contributed by atoms with van der Waals surface area (Å²) in [5.41, 5.74) is 0.809. The summed E-state index contributed by atoms with van der Waals surface area (Å²) in [6.45, 7) is 0. The van der Waals surface area contributed by atoms with E-state index in [9.17, 15) is 26.3 Å². The third-order valence-electron chi connectivity index (χ3n) is 3.39. The number of thiazole rings is 2. The maximum atomic E-state index is 12.3. The Kier molecular flexibility index (Phi) is 4.97. The van der Waals surface area contributed by atoms with Crippen molar-refractivity contribution in [3.63, 3.8) is 0 Å². The largest absolute Gasteiger partial charge is 0.573 e. The molecule has 0 aliphatic rings. The highest BCUT2D eigenvalue weighted by Gasteiger charge is 2.32. The Hall–Kier alpha value is -3.00. The number of fused-ring (bicyclic) bond motifs is 2. The van der Waals surface area contributed by atoms with Crippen LogP contribution in [0.25, 0.3) is 20.4 Å². The van der Waals surface area contributed by atoms with E-state index < -0.39 is 12.7 Å². The lowest BCUT2D eigenvalue weighted by molar-refractivity contribution is -0.275. The van der Waals surface area contributed by atoms with Crippen molar-refractivity contribution in [3.05, 3.63) is 36.4 Å². The van der Waals surface area contributed by atoms with Crippen molar-refractivity contribution in [2.24, 2.45) is 10.2 Å². The number of alkyl halides is 6. The first-order valence-electron chi connectivity index (χ1n) is 7.78. The maximum Gasteiger partial charge on any atom is 0.573 e. The van der Waals surface area contributed by atoms with Gasteiger partial charge in [-0.2, -0.15) is 0 Å². The first-order chi connectivity index (χ1) is 14.0. The van der Waals surface area contributed by atoms with E-state index >= 15 is 0 Å². The minimum Gasteiger partial charge on any atom is -0.406 e. The molecule has 2 aromatic carbocycles. The molecule has 0 atom stereocenters.